The first-order valence-electron chi connectivity index (χ1n) is 7.91. The molecule has 1 heterocycles. The highest BCUT2D eigenvalue weighted by Crippen LogP contribution is 2.24. The first-order valence-corrected chi connectivity index (χ1v) is 7.91. The van der Waals surface area contributed by atoms with E-state index in [0.717, 1.165) is 5.56 Å². The maximum absolute atomic E-state index is 12.7. The Morgan fingerprint density at radius 1 is 1.17 bits per heavy atom. The van der Waals surface area contributed by atoms with E-state index in [1.54, 1.807) is 12.1 Å². The Hall–Kier alpha value is -1.60. The zero-order chi connectivity index (χ0) is 17.9. The molecule has 1 aromatic rings. The molecule has 0 saturated carbocycles. The van der Waals surface area contributed by atoms with Crippen LogP contribution in [-0.4, -0.2) is 60.8 Å². The number of esters is 1. The lowest BCUT2D eigenvalue weighted by molar-refractivity contribution is -0.162. The predicted octanol–water partition coefficient (Wildman–Crippen LogP) is 2.93. The van der Waals surface area contributed by atoms with E-state index in [1.165, 1.54) is 12.0 Å². The lowest BCUT2D eigenvalue weighted by Crippen LogP contribution is -2.58. The van der Waals surface area contributed by atoms with Crippen molar-refractivity contribution in [2.75, 3.05) is 26.7 Å². The second-order valence-electron chi connectivity index (χ2n) is 6.37. The van der Waals surface area contributed by atoms with E-state index in [2.05, 4.69) is 9.64 Å². The van der Waals surface area contributed by atoms with Crippen LogP contribution in [0.1, 0.15) is 29.8 Å². The summed E-state index contributed by atoms with van der Waals surface area (Å²) in [6.45, 7) is 4.61. The molecule has 2 atom stereocenters. The van der Waals surface area contributed by atoms with Gasteiger partial charge < -0.3 is 4.74 Å². The van der Waals surface area contributed by atoms with Gasteiger partial charge in [0.25, 0.3) is 0 Å². The van der Waals surface area contributed by atoms with Gasteiger partial charge in [-0.1, -0.05) is 12.1 Å². The molecule has 2 rings (SSSR count). The fourth-order valence-electron chi connectivity index (χ4n) is 3.24. The van der Waals surface area contributed by atoms with Crippen molar-refractivity contribution in [1.29, 1.82) is 0 Å². The molecule has 7 heteroatoms. The summed E-state index contributed by atoms with van der Waals surface area (Å²) in [7, 11) is 1.33. The van der Waals surface area contributed by atoms with E-state index in [1.807, 2.05) is 26.0 Å². The second kappa shape index (κ2) is 7.53. The fourth-order valence-corrected chi connectivity index (χ4v) is 3.24. The van der Waals surface area contributed by atoms with Gasteiger partial charge in [-0.2, -0.15) is 13.2 Å². The number of methoxy groups -OCH3 is 1. The van der Waals surface area contributed by atoms with Crippen LogP contribution < -0.4 is 0 Å². The van der Waals surface area contributed by atoms with Gasteiger partial charge in [-0.3, -0.25) is 9.80 Å². The minimum absolute atomic E-state index is 0.162. The summed E-state index contributed by atoms with van der Waals surface area (Å²) in [5, 5.41) is 0. The van der Waals surface area contributed by atoms with Gasteiger partial charge in [-0.15, -0.1) is 0 Å². The fraction of sp³-hybridized carbons (Fsp3) is 0.588. The van der Waals surface area contributed by atoms with Crippen LogP contribution in [0.2, 0.25) is 0 Å². The Bertz CT molecular complexity index is 548. The first kappa shape index (κ1) is 18.7. The second-order valence-corrected chi connectivity index (χ2v) is 6.37. The summed E-state index contributed by atoms with van der Waals surface area (Å²) >= 11 is 0. The summed E-state index contributed by atoms with van der Waals surface area (Å²) < 4.78 is 42.7. The third-order valence-corrected chi connectivity index (χ3v) is 4.32. The number of nitrogens with zero attached hydrogens (tertiary/aromatic N) is 2. The molecule has 0 amide bonds. The van der Waals surface area contributed by atoms with Crippen molar-refractivity contribution in [2.24, 2.45) is 0 Å². The Labute approximate surface area is 140 Å². The molecule has 0 spiro atoms. The molecule has 1 aromatic carbocycles. The molecule has 0 bridgehead atoms. The van der Waals surface area contributed by atoms with Crippen LogP contribution in [0.15, 0.2) is 24.3 Å². The quantitative estimate of drug-likeness (QED) is 0.787. The molecule has 1 aliphatic rings. The summed E-state index contributed by atoms with van der Waals surface area (Å²) in [6, 6.07) is 6.78. The smallest absolute Gasteiger partial charge is 0.401 e. The van der Waals surface area contributed by atoms with Crippen LogP contribution in [0.3, 0.4) is 0 Å². The van der Waals surface area contributed by atoms with Gasteiger partial charge >= 0.3 is 12.1 Å². The molecule has 0 aromatic heterocycles. The zero-order valence-electron chi connectivity index (χ0n) is 14.1. The van der Waals surface area contributed by atoms with E-state index in [-0.39, 0.29) is 18.1 Å². The molecule has 1 saturated heterocycles. The third-order valence-electron chi connectivity index (χ3n) is 4.32. The molecule has 4 nitrogen and oxygen atoms in total. The molecule has 0 unspecified atom stereocenters. The highest BCUT2D eigenvalue weighted by atomic mass is 19.4. The number of hydrogen-bond donors (Lipinski definition) is 0. The van der Waals surface area contributed by atoms with Gasteiger partial charge in [0.1, 0.15) is 0 Å². The van der Waals surface area contributed by atoms with Crippen LogP contribution in [0.5, 0.6) is 0 Å². The summed E-state index contributed by atoms with van der Waals surface area (Å²) in [6.07, 6.45) is -4.17. The SMILES string of the molecule is COC(=O)c1ccc(CN2C[C@@H](C)N(CC(F)(F)F)[C@@H](C)C2)cc1. The number of halogens is 3. The summed E-state index contributed by atoms with van der Waals surface area (Å²) in [5.41, 5.74) is 1.50. The van der Waals surface area contributed by atoms with E-state index in [0.29, 0.717) is 25.2 Å². The number of rotatable bonds is 4. The maximum Gasteiger partial charge on any atom is 0.401 e. The predicted molar refractivity (Wildman–Crippen MR) is 84.7 cm³/mol. The number of carbonyl (C=O) groups excluding carboxylic acids is 1. The van der Waals surface area contributed by atoms with E-state index in [4.69, 9.17) is 0 Å². The maximum atomic E-state index is 12.7. The van der Waals surface area contributed by atoms with Crippen molar-refractivity contribution < 1.29 is 22.7 Å². The Morgan fingerprint density at radius 2 is 1.71 bits per heavy atom. The van der Waals surface area contributed by atoms with Gasteiger partial charge in [-0.05, 0) is 31.5 Å². The zero-order valence-corrected chi connectivity index (χ0v) is 14.1. The largest absolute Gasteiger partial charge is 0.465 e. The van der Waals surface area contributed by atoms with Crippen LogP contribution in [0.25, 0.3) is 0 Å². The molecule has 1 fully saturated rings. The van der Waals surface area contributed by atoms with Crippen LogP contribution in [-0.2, 0) is 11.3 Å². The van der Waals surface area contributed by atoms with Crippen molar-refractivity contribution >= 4 is 5.97 Å². The lowest BCUT2D eigenvalue weighted by Gasteiger charge is -2.44. The average Bonchev–Trinajstić information content (AvgIpc) is 2.50. The van der Waals surface area contributed by atoms with Gasteiger partial charge in [0, 0.05) is 31.7 Å². The van der Waals surface area contributed by atoms with Crippen molar-refractivity contribution in [3.63, 3.8) is 0 Å². The highest BCUT2D eigenvalue weighted by Gasteiger charge is 2.38. The molecular formula is C17H23F3N2O2. The summed E-state index contributed by atoms with van der Waals surface area (Å²) in [5.74, 6) is -0.385. The van der Waals surface area contributed by atoms with Crippen LogP contribution >= 0.6 is 0 Å². The van der Waals surface area contributed by atoms with Crippen LogP contribution in [0.4, 0.5) is 13.2 Å². The standard InChI is InChI=1S/C17H23F3N2O2/c1-12-8-21(9-13(2)22(12)11-17(18,19)20)10-14-4-6-15(7-5-14)16(23)24-3/h4-7,12-13H,8-11H2,1-3H3/t12-,13+. The van der Waals surface area contributed by atoms with Gasteiger partial charge in [-0.25, -0.2) is 4.79 Å². The van der Waals surface area contributed by atoms with E-state index >= 15 is 0 Å². The van der Waals surface area contributed by atoms with Crippen molar-refractivity contribution in [1.82, 2.24) is 9.80 Å². The number of alkyl halides is 3. The number of piperazine rings is 1. The van der Waals surface area contributed by atoms with E-state index < -0.39 is 12.7 Å². The van der Waals surface area contributed by atoms with Crippen molar-refractivity contribution in [2.45, 2.75) is 38.7 Å². The topological polar surface area (TPSA) is 32.8 Å². The molecule has 134 valence electrons. The third kappa shape index (κ3) is 4.95. The summed E-state index contributed by atoms with van der Waals surface area (Å²) in [4.78, 5) is 15.1. The van der Waals surface area contributed by atoms with Crippen LogP contribution in [0, 0.1) is 0 Å². The Morgan fingerprint density at radius 3 is 2.17 bits per heavy atom. The molecule has 24 heavy (non-hydrogen) atoms. The van der Waals surface area contributed by atoms with Gasteiger partial charge in [0.05, 0.1) is 19.2 Å². The number of carbonyl (C=O) groups is 1. The van der Waals surface area contributed by atoms with Gasteiger partial charge in [0.15, 0.2) is 0 Å². The molecule has 0 aliphatic carbocycles. The molecule has 0 radical (unpaired) electrons. The lowest BCUT2D eigenvalue weighted by atomic mass is 10.1. The molecule has 1 aliphatic heterocycles. The normalized spacial score (nSPS) is 23.2. The van der Waals surface area contributed by atoms with Crippen molar-refractivity contribution in [3.8, 4) is 0 Å². The monoisotopic (exact) mass is 344 g/mol. The van der Waals surface area contributed by atoms with Crippen molar-refractivity contribution in [3.05, 3.63) is 35.4 Å². The number of ether oxygens (including phenoxy) is 1. The number of hydrogen-bond acceptors (Lipinski definition) is 4. The minimum atomic E-state index is -4.17. The average molecular weight is 344 g/mol. The molecule has 0 N–H and O–H groups in total. The highest BCUT2D eigenvalue weighted by molar-refractivity contribution is 5.89. The minimum Gasteiger partial charge on any atom is -0.465 e. The number of benzene rings is 1. The first-order chi connectivity index (χ1) is 11.2. The Balaban J connectivity index is 1.96. The Kier molecular flexibility index (Phi) is 5.87. The van der Waals surface area contributed by atoms with Gasteiger partial charge in [0.2, 0.25) is 0 Å². The molecular weight excluding hydrogens is 321 g/mol. The van der Waals surface area contributed by atoms with E-state index in [9.17, 15) is 18.0 Å².